The van der Waals surface area contributed by atoms with E-state index in [2.05, 4.69) is 10.3 Å². The molecule has 20 heavy (non-hydrogen) atoms. The molecule has 0 radical (unpaired) electrons. The monoisotopic (exact) mass is 277 g/mol. The summed E-state index contributed by atoms with van der Waals surface area (Å²) in [5.74, 6) is 0.674. The Labute approximate surface area is 120 Å². The number of aliphatic hydroxyl groups is 1. The summed E-state index contributed by atoms with van der Waals surface area (Å²) in [6.45, 7) is 0.410. The highest BCUT2D eigenvalue weighted by Crippen LogP contribution is 2.24. The lowest BCUT2D eigenvalue weighted by atomic mass is 9.93. The van der Waals surface area contributed by atoms with Gasteiger partial charge in [-0.3, -0.25) is 4.79 Å². The number of aromatic nitrogens is 1. The third-order valence-corrected chi connectivity index (χ3v) is 3.88. The van der Waals surface area contributed by atoms with Crippen LogP contribution in [-0.4, -0.2) is 47.1 Å². The molecule has 1 saturated carbocycles. The molecule has 0 atom stereocenters. The van der Waals surface area contributed by atoms with Gasteiger partial charge in [0.15, 0.2) is 0 Å². The van der Waals surface area contributed by atoms with Gasteiger partial charge in [0.2, 0.25) is 0 Å². The van der Waals surface area contributed by atoms with Gasteiger partial charge in [0.05, 0.1) is 6.61 Å². The molecule has 0 saturated heterocycles. The smallest absolute Gasteiger partial charge is 0.254 e. The molecule has 0 spiro atoms. The van der Waals surface area contributed by atoms with Gasteiger partial charge in [-0.1, -0.05) is 19.3 Å². The van der Waals surface area contributed by atoms with Crippen LogP contribution in [0.4, 0.5) is 5.82 Å². The van der Waals surface area contributed by atoms with Crippen molar-refractivity contribution >= 4 is 11.7 Å². The Bertz CT molecular complexity index is 444. The van der Waals surface area contributed by atoms with Gasteiger partial charge in [-0.15, -0.1) is 0 Å². The zero-order valence-corrected chi connectivity index (χ0v) is 12.0. The van der Waals surface area contributed by atoms with Crippen molar-refractivity contribution in [1.29, 1.82) is 0 Å². The van der Waals surface area contributed by atoms with Gasteiger partial charge in [-0.05, 0) is 25.0 Å². The Morgan fingerprint density at radius 3 is 2.85 bits per heavy atom. The third-order valence-electron chi connectivity index (χ3n) is 3.88. The first kappa shape index (κ1) is 14.8. The first-order chi connectivity index (χ1) is 9.76. The zero-order valence-electron chi connectivity index (χ0n) is 12.0. The van der Waals surface area contributed by atoms with E-state index < -0.39 is 0 Å². The number of hydrogen-bond donors (Lipinski definition) is 2. The van der Waals surface area contributed by atoms with Crippen molar-refractivity contribution < 1.29 is 9.90 Å². The van der Waals surface area contributed by atoms with Crippen LogP contribution in [0.5, 0.6) is 0 Å². The number of nitrogens with zero attached hydrogens (tertiary/aromatic N) is 2. The minimum Gasteiger partial charge on any atom is -0.395 e. The van der Waals surface area contributed by atoms with Crippen LogP contribution >= 0.6 is 0 Å². The lowest BCUT2D eigenvalue weighted by molar-refractivity contribution is 0.0585. The van der Waals surface area contributed by atoms with E-state index in [1.807, 2.05) is 4.90 Å². The predicted molar refractivity (Wildman–Crippen MR) is 78.8 cm³/mol. The summed E-state index contributed by atoms with van der Waals surface area (Å²) in [7, 11) is 1.78. The molecule has 0 bridgehead atoms. The van der Waals surface area contributed by atoms with Crippen LogP contribution in [0.25, 0.3) is 0 Å². The highest BCUT2D eigenvalue weighted by Gasteiger charge is 2.25. The molecule has 2 N–H and O–H groups in total. The number of pyridine rings is 1. The first-order valence-corrected chi connectivity index (χ1v) is 7.32. The van der Waals surface area contributed by atoms with E-state index in [-0.39, 0.29) is 18.6 Å². The van der Waals surface area contributed by atoms with Gasteiger partial charge < -0.3 is 15.3 Å². The number of carbonyl (C=O) groups excluding carboxylic acids is 1. The molecule has 1 aromatic rings. The second-order valence-corrected chi connectivity index (χ2v) is 5.19. The van der Waals surface area contributed by atoms with Crippen LogP contribution in [0.15, 0.2) is 18.3 Å². The van der Waals surface area contributed by atoms with Gasteiger partial charge in [0.25, 0.3) is 5.91 Å². The normalized spacial score (nSPS) is 15.9. The Kier molecular flexibility index (Phi) is 5.35. The van der Waals surface area contributed by atoms with Gasteiger partial charge in [-0.25, -0.2) is 4.98 Å². The van der Waals surface area contributed by atoms with Crippen LogP contribution < -0.4 is 5.32 Å². The van der Waals surface area contributed by atoms with Crippen molar-refractivity contribution in [1.82, 2.24) is 9.88 Å². The quantitative estimate of drug-likeness (QED) is 0.862. The maximum atomic E-state index is 12.7. The summed E-state index contributed by atoms with van der Waals surface area (Å²) in [6, 6.07) is 3.75. The van der Waals surface area contributed by atoms with Crippen LogP contribution in [0.3, 0.4) is 0 Å². The Morgan fingerprint density at radius 1 is 1.45 bits per heavy atom. The molecule has 110 valence electrons. The fourth-order valence-corrected chi connectivity index (χ4v) is 2.82. The first-order valence-electron chi connectivity index (χ1n) is 7.32. The Morgan fingerprint density at radius 2 is 2.20 bits per heavy atom. The molecule has 5 nitrogen and oxygen atoms in total. The highest BCUT2D eigenvalue weighted by atomic mass is 16.3. The maximum absolute atomic E-state index is 12.7. The molecule has 1 heterocycles. The van der Waals surface area contributed by atoms with E-state index >= 15 is 0 Å². The standard InChI is InChI=1S/C15H23N3O2/c1-16-14-11-12(7-8-17-14)15(20)18(9-10-19)13-5-3-2-4-6-13/h7-8,11,13,19H,2-6,9-10H2,1H3,(H,16,17). The molecule has 1 aliphatic carbocycles. The third kappa shape index (κ3) is 3.48. The summed E-state index contributed by atoms with van der Waals surface area (Å²) >= 11 is 0. The van der Waals surface area contributed by atoms with E-state index in [4.69, 9.17) is 0 Å². The second-order valence-electron chi connectivity index (χ2n) is 5.19. The highest BCUT2D eigenvalue weighted by molar-refractivity contribution is 5.95. The van der Waals surface area contributed by atoms with Crippen molar-refractivity contribution in [2.45, 2.75) is 38.1 Å². The number of aliphatic hydroxyl groups excluding tert-OH is 1. The van der Waals surface area contributed by atoms with Crippen LogP contribution in [0.1, 0.15) is 42.5 Å². The lowest BCUT2D eigenvalue weighted by Crippen LogP contribution is -2.43. The van der Waals surface area contributed by atoms with Crippen LogP contribution in [-0.2, 0) is 0 Å². The second kappa shape index (κ2) is 7.24. The van der Waals surface area contributed by atoms with Crippen LogP contribution in [0, 0.1) is 0 Å². The number of amides is 1. The summed E-state index contributed by atoms with van der Waals surface area (Å²) < 4.78 is 0. The van der Waals surface area contributed by atoms with E-state index in [1.54, 1.807) is 25.4 Å². The van der Waals surface area contributed by atoms with E-state index in [0.29, 0.717) is 17.9 Å². The molecular formula is C15H23N3O2. The zero-order chi connectivity index (χ0) is 14.4. The molecular weight excluding hydrogens is 254 g/mol. The summed E-state index contributed by atoms with van der Waals surface area (Å²) in [6.07, 6.45) is 7.29. The number of nitrogens with one attached hydrogen (secondary N) is 1. The SMILES string of the molecule is CNc1cc(C(=O)N(CCO)C2CCCCC2)ccn1. The molecule has 2 rings (SSSR count). The molecule has 1 amide bonds. The van der Waals surface area contributed by atoms with E-state index in [0.717, 1.165) is 25.7 Å². The van der Waals surface area contributed by atoms with Crippen molar-refractivity contribution in [2.75, 3.05) is 25.5 Å². The van der Waals surface area contributed by atoms with E-state index in [9.17, 15) is 9.90 Å². The van der Waals surface area contributed by atoms with Crippen molar-refractivity contribution in [3.05, 3.63) is 23.9 Å². The summed E-state index contributed by atoms with van der Waals surface area (Å²) in [4.78, 5) is 18.6. The average Bonchev–Trinajstić information content (AvgIpc) is 2.53. The number of hydrogen-bond acceptors (Lipinski definition) is 4. The van der Waals surface area contributed by atoms with Crippen molar-refractivity contribution in [3.8, 4) is 0 Å². The molecule has 5 heteroatoms. The Hall–Kier alpha value is -1.62. The lowest BCUT2D eigenvalue weighted by Gasteiger charge is -2.34. The fraction of sp³-hybridized carbons (Fsp3) is 0.600. The molecule has 0 aromatic carbocycles. The van der Waals surface area contributed by atoms with Crippen molar-refractivity contribution in [3.63, 3.8) is 0 Å². The van der Waals surface area contributed by atoms with Gasteiger partial charge in [0.1, 0.15) is 5.82 Å². The molecule has 1 fully saturated rings. The number of anilines is 1. The Balaban J connectivity index is 2.16. The fourth-order valence-electron chi connectivity index (χ4n) is 2.82. The minimum absolute atomic E-state index is 0.00616. The van der Waals surface area contributed by atoms with Crippen LogP contribution in [0.2, 0.25) is 0 Å². The summed E-state index contributed by atoms with van der Waals surface area (Å²) in [5.41, 5.74) is 0.628. The average molecular weight is 277 g/mol. The van der Waals surface area contributed by atoms with Gasteiger partial charge >= 0.3 is 0 Å². The van der Waals surface area contributed by atoms with Gasteiger partial charge in [0, 0.05) is 31.4 Å². The molecule has 1 aliphatic rings. The van der Waals surface area contributed by atoms with Gasteiger partial charge in [-0.2, -0.15) is 0 Å². The molecule has 0 aliphatic heterocycles. The minimum atomic E-state index is -0.00940. The number of rotatable bonds is 5. The largest absolute Gasteiger partial charge is 0.395 e. The van der Waals surface area contributed by atoms with E-state index in [1.165, 1.54) is 6.42 Å². The number of carbonyl (C=O) groups is 1. The maximum Gasteiger partial charge on any atom is 0.254 e. The topological polar surface area (TPSA) is 65.5 Å². The van der Waals surface area contributed by atoms with Crippen molar-refractivity contribution in [2.24, 2.45) is 0 Å². The summed E-state index contributed by atoms with van der Waals surface area (Å²) in [5, 5.41) is 12.2. The molecule has 1 aromatic heterocycles. The molecule has 0 unspecified atom stereocenters. The predicted octanol–water partition coefficient (Wildman–Crippen LogP) is 1.89.